The number of aryl methyl sites for hydroxylation is 3. The molecule has 0 spiro atoms. The summed E-state index contributed by atoms with van der Waals surface area (Å²) in [6.07, 6.45) is 15.9. The van der Waals surface area contributed by atoms with Crippen molar-refractivity contribution >= 4 is 17.2 Å². The van der Waals surface area contributed by atoms with Crippen molar-refractivity contribution in [1.29, 1.82) is 0 Å². The molecule has 0 fully saturated rings. The second-order valence-electron chi connectivity index (χ2n) is 13.7. The average molecular weight is 553 g/mol. The molecule has 1 aliphatic carbocycles. The van der Waals surface area contributed by atoms with Crippen LogP contribution < -0.4 is 9.13 Å². The molecular weight excluding hydrogens is 512 g/mol. The first-order valence-corrected chi connectivity index (χ1v) is 15.8. The highest BCUT2D eigenvalue weighted by Crippen LogP contribution is 2.45. The molecule has 0 saturated carbocycles. The van der Waals surface area contributed by atoms with E-state index >= 15 is 0 Å². The van der Waals surface area contributed by atoms with E-state index in [2.05, 4.69) is 122 Å². The Labute approximate surface area is 249 Å². The summed E-state index contributed by atoms with van der Waals surface area (Å²) in [5.41, 5.74) is 13.2. The van der Waals surface area contributed by atoms with Crippen molar-refractivity contribution in [3.8, 4) is 22.5 Å². The van der Waals surface area contributed by atoms with Gasteiger partial charge >= 0.3 is 0 Å². The fourth-order valence-corrected chi connectivity index (χ4v) is 7.78. The van der Waals surface area contributed by atoms with Crippen LogP contribution in [-0.4, -0.2) is 0 Å². The third-order valence-electron chi connectivity index (χ3n) is 9.99. The number of rotatable bonds is 0. The Balaban J connectivity index is 1.42. The van der Waals surface area contributed by atoms with Gasteiger partial charge in [0, 0.05) is 53.1 Å². The van der Waals surface area contributed by atoms with Crippen molar-refractivity contribution in [1.82, 2.24) is 0 Å². The highest BCUT2D eigenvalue weighted by molar-refractivity contribution is 5.95. The van der Waals surface area contributed by atoms with Crippen molar-refractivity contribution in [3.63, 3.8) is 0 Å². The van der Waals surface area contributed by atoms with Crippen molar-refractivity contribution in [2.75, 3.05) is 0 Å². The molecule has 210 valence electrons. The summed E-state index contributed by atoms with van der Waals surface area (Å²) in [4.78, 5) is 0. The predicted octanol–water partition coefficient (Wildman–Crippen LogP) is 8.58. The van der Waals surface area contributed by atoms with Crippen LogP contribution in [0.1, 0.15) is 85.6 Å². The summed E-state index contributed by atoms with van der Waals surface area (Å²) >= 11 is 0. The molecule has 2 aliphatic heterocycles. The smallest absolute Gasteiger partial charge is 0.222 e. The lowest BCUT2D eigenvalue weighted by Crippen LogP contribution is -2.49. The Bertz CT molecular complexity index is 1900. The normalized spacial score (nSPS) is 20.0. The summed E-state index contributed by atoms with van der Waals surface area (Å²) in [6.45, 7) is 9.14. The molecule has 2 aromatic carbocycles. The first-order valence-electron chi connectivity index (χ1n) is 15.8. The number of benzene rings is 2. The molecule has 2 unspecified atom stereocenters. The molecule has 2 atom stereocenters. The Morgan fingerprint density at radius 2 is 1.76 bits per heavy atom. The zero-order valence-corrected chi connectivity index (χ0v) is 25.3. The molecule has 0 radical (unpaired) electrons. The minimum Gasteiger partial charge on any atom is -0.460 e. The molecule has 0 saturated heterocycles. The minimum absolute atomic E-state index is 0.0512. The highest BCUT2D eigenvalue weighted by Gasteiger charge is 2.41. The van der Waals surface area contributed by atoms with Crippen LogP contribution in [0.15, 0.2) is 83.6 Å². The SMILES string of the molecule is Cc1ccc2[n+](c1)C1Cc3ccc4c5c(oc4c3-c3cc(C(C)(C)C)cc[n+]3/C=C/CC1c1ccccc1-2)CCCC5. The average Bonchev–Trinajstić information content (AvgIpc) is 3.36. The number of pyridine rings is 2. The Morgan fingerprint density at radius 1 is 0.905 bits per heavy atom. The molecular formula is C39H40N2O+2. The van der Waals surface area contributed by atoms with E-state index in [1.165, 1.54) is 74.3 Å². The first kappa shape index (κ1) is 25.7. The van der Waals surface area contributed by atoms with Gasteiger partial charge in [-0.1, -0.05) is 51.1 Å². The second-order valence-corrected chi connectivity index (χ2v) is 13.7. The maximum atomic E-state index is 6.88. The molecule has 0 N–H and O–H groups in total. The summed E-state index contributed by atoms with van der Waals surface area (Å²) < 4.78 is 11.8. The number of fused-ring (bicyclic) bond motifs is 13. The lowest BCUT2D eigenvalue weighted by atomic mass is 9.77. The first-order chi connectivity index (χ1) is 20.4. The Kier molecular flexibility index (Phi) is 5.83. The fourth-order valence-electron chi connectivity index (χ4n) is 7.78. The lowest BCUT2D eigenvalue weighted by molar-refractivity contribution is -0.718. The number of nitrogens with zero attached hydrogens (tertiary/aromatic N) is 2. The number of hydrogen-bond acceptors (Lipinski definition) is 1. The van der Waals surface area contributed by atoms with Gasteiger partial charge in [-0.2, -0.15) is 9.13 Å². The van der Waals surface area contributed by atoms with E-state index in [0.717, 1.165) is 31.3 Å². The topological polar surface area (TPSA) is 20.9 Å². The highest BCUT2D eigenvalue weighted by atomic mass is 16.3. The quantitative estimate of drug-likeness (QED) is 0.176. The van der Waals surface area contributed by atoms with Gasteiger partial charge in [0.2, 0.25) is 11.4 Å². The van der Waals surface area contributed by atoms with Crippen LogP contribution in [0.5, 0.6) is 0 Å². The van der Waals surface area contributed by atoms with Crippen molar-refractivity contribution < 1.29 is 13.6 Å². The molecule has 3 aliphatic rings. The van der Waals surface area contributed by atoms with Crippen LogP contribution in [0.25, 0.3) is 39.7 Å². The van der Waals surface area contributed by atoms with E-state index in [1.807, 2.05) is 0 Å². The number of hydrogen-bond donors (Lipinski definition) is 0. The molecule has 5 aromatic rings. The Hall–Kier alpha value is -3.98. The fraction of sp³-hybridized carbons (Fsp3) is 0.333. The van der Waals surface area contributed by atoms with Crippen LogP contribution in [0.4, 0.5) is 0 Å². The van der Waals surface area contributed by atoms with E-state index in [4.69, 9.17) is 4.42 Å². The van der Waals surface area contributed by atoms with E-state index in [9.17, 15) is 0 Å². The van der Waals surface area contributed by atoms with Gasteiger partial charge in [-0.05, 0) is 72.9 Å². The molecule has 5 heterocycles. The molecule has 0 amide bonds. The largest absolute Gasteiger partial charge is 0.460 e. The van der Waals surface area contributed by atoms with Gasteiger partial charge in [0.25, 0.3) is 0 Å². The molecule has 3 aromatic heterocycles. The predicted molar refractivity (Wildman–Crippen MR) is 169 cm³/mol. The molecule has 3 heteroatoms. The van der Waals surface area contributed by atoms with Gasteiger partial charge in [-0.3, -0.25) is 0 Å². The zero-order valence-electron chi connectivity index (χ0n) is 25.3. The molecule has 42 heavy (non-hydrogen) atoms. The summed E-state index contributed by atoms with van der Waals surface area (Å²) in [5.74, 6) is 1.58. The third kappa shape index (κ3) is 4.01. The summed E-state index contributed by atoms with van der Waals surface area (Å²) in [5, 5.41) is 1.31. The van der Waals surface area contributed by atoms with Crippen LogP contribution >= 0.6 is 0 Å². The van der Waals surface area contributed by atoms with Gasteiger partial charge in [0.15, 0.2) is 24.6 Å². The minimum atomic E-state index is 0.0512. The van der Waals surface area contributed by atoms with Crippen LogP contribution in [0.3, 0.4) is 0 Å². The van der Waals surface area contributed by atoms with Crippen LogP contribution in [0, 0.1) is 6.92 Å². The molecule has 3 nitrogen and oxygen atoms in total. The maximum Gasteiger partial charge on any atom is 0.222 e. The monoisotopic (exact) mass is 552 g/mol. The van der Waals surface area contributed by atoms with E-state index in [-0.39, 0.29) is 5.41 Å². The standard InChI is InChI=1S/C39H40N2O/c1-25-15-18-33-29-11-6-5-10-28(29)30-13-9-20-40-21-19-27(39(2,3)4)23-35(40)37-26(22-34(30)41(33)24-25)16-17-32-31-12-7-8-14-36(31)42-38(32)37/h5-6,9-11,15-21,23-24,30,34H,7-8,12-14,22H2,1-4H3/q+2/b20-9+. The lowest BCUT2D eigenvalue weighted by Gasteiger charge is -2.31. The van der Waals surface area contributed by atoms with E-state index in [0.29, 0.717) is 12.0 Å². The van der Waals surface area contributed by atoms with Gasteiger partial charge < -0.3 is 4.42 Å². The zero-order chi connectivity index (χ0) is 28.6. The van der Waals surface area contributed by atoms with E-state index < -0.39 is 0 Å². The number of aromatic nitrogens is 2. The van der Waals surface area contributed by atoms with Crippen molar-refractivity contribution in [2.24, 2.45) is 0 Å². The van der Waals surface area contributed by atoms with Gasteiger partial charge in [0.05, 0.1) is 11.5 Å². The van der Waals surface area contributed by atoms with Gasteiger partial charge in [-0.15, -0.1) is 0 Å². The van der Waals surface area contributed by atoms with Crippen molar-refractivity contribution in [2.45, 2.75) is 83.6 Å². The van der Waals surface area contributed by atoms with Gasteiger partial charge in [-0.25, -0.2) is 0 Å². The third-order valence-corrected chi connectivity index (χ3v) is 9.99. The summed E-state index contributed by atoms with van der Waals surface area (Å²) in [6, 6.07) is 23.5. The molecule has 0 bridgehead atoms. The number of furan rings is 1. The molecule has 8 rings (SSSR count). The second kappa shape index (κ2) is 9.52. The van der Waals surface area contributed by atoms with Crippen LogP contribution in [0.2, 0.25) is 0 Å². The van der Waals surface area contributed by atoms with Crippen molar-refractivity contribution in [3.05, 3.63) is 113 Å². The Morgan fingerprint density at radius 3 is 2.64 bits per heavy atom. The maximum absolute atomic E-state index is 6.88. The van der Waals surface area contributed by atoms with E-state index in [1.54, 1.807) is 0 Å². The summed E-state index contributed by atoms with van der Waals surface area (Å²) in [7, 11) is 0. The van der Waals surface area contributed by atoms with Gasteiger partial charge in [0.1, 0.15) is 11.3 Å². The number of allylic oxidation sites excluding steroid dienone is 1. The van der Waals surface area contributed by atoms with Crippen LogP contribution in [-0.2, 0) is 24.7 Å².